The van der Waals surface area contributed by atoms with Crippen molar-refractivity contribution in [1.82, 2.24) is 9.29 Å². The van der Waals surface area contributed by atoms with Gasteiger partial charge in [0.05, 0.1) is 24.5 Å². The Labute approximate surface area is 137 Å². The first-order valence-electron chi connectivity index (χ1n) is 8.23. The van der Waals surface area contributed by atoms with Gasteiger partial charge in [-0.1, -0.05) is 13.0 Å². The Bertz CT molecular complexity index is 608. The Morgan fingerprint density at radius 2 is 2.35 bits per heavy atom. The fraction of sp³-hybridized carbons (Fsp3) is 0.688. The molecular formula is C16H24N2O4S. The lowest BCUT2D eigenvalue weighted by Gasteiger charge is -2.31. The minimum absolute atomic E-state index is 0.0841. The third kappa shape index (κ3) is 3.74. The number of aromatic nitrogens is 1. The summed E-state index contributed by atoms with van der Waals surface area (Å²) >= 11 is 0. The highest BCUT2D eigenvalue weighted by Crippen LogP contribution is 2.33. The fourth-order valence-corrected chi connectivity index (χ4v) is 5.16. The zero-order valence-electron chi connectivity index (χ0n) is 13.4. The molecule has 0 amide bonds. The predicted octanol–water partition coefficient (Wildman–Crippen LogP) is 1.57. The lowest BCUT2D eigenvalue weighted by atomic mass is 10.0. The van der Waals surface area contributed by atoms with Gasteiger partial charge in [-0.15, -0.1) is 0 Å². The Morgan fingerprint density at radius 1 is 1.48 bits per heavy atom. The van der Waals surface area contributed by atoms with Crippen LogP contribution in [-0.2, 0) is 26.1 Å². The van der Waals surface area contributed by atoms with Gasteiger partial charge in [-0.2, -0.15) is 4.31 Å². The SMILES string of the molecule is CCCS(=O)(=O)N1C[C@@H](OCc2cccnc2)[C@H]2OCCC[C@H]21. The van der Waals surface area contributed by atoms with Crippen molar-refractivity contribution >= 4 is 10.0 Å². The van der Waals surface area contributed by atoms with Crippen molar-refractivity contribution in [2.45, 2.75) is 51.0 Å². The van der Waals surface area contributed by atoms with Crippen molar-refractivity contribution in [3.63, 3.8) is 0 Å². The first-order chi connectivity index (χ1) is 11.1. The summed E-state index contributed by atoms with van der Waals surface area (Å²) in [5.74, 6) is 0.186. The number of pyridine rings is 1. The molecule has 2 aliphatic heterocycles. The maximum absolute atomic E-state index is 12.5. The number of rotatable bonds is 6. The first kappa shape index (κ1) is 16.8. The minimum Gasteiger partial charge on any atom is -0.374 e. The molecule has 6 nitrogen and oxygen atoms in total. The van der Waals surface area contributed by atoms with E-state index in [1.54, 1.807) is 16.7 Å². The van der Waals surface area contributed by atoms with Crippen molar-refractivity contribution in [3.8, 4) is 0 Å². The zero-order valence-corrected chi connectivity index (χ0v) is 14.2. The average Bonchev–Trinajstić information content (AvgIpc) is 2.94. The number of fused-ring (bicyclic) bond motifs is 1. The summed E-state index contributed by atoms with van der Waals surface area (Å²) in [6, 6.07) is 3.73. The maximum atomic E-state index is 12.5. The van der Waals surface area contributed by atoms with Crippen molar-refractivity contribution in [3.05, 3.63) is 30.1 Å². The van der Waals surface area contributed by atoms with Crippen LogP contribution in [0.2, 0.25) is 0 Å². The highest BCUT2D eigenvalue weighted by Gasteiger charge is 2.48. The van der Waals surface area contributed by atoms with Gasteiger partial charge in [0.15, 0.2) is 0 Å². The second-order valence-corrected chi connectivity index (χ2v) is 8.18. The molecule has 0 aromatic carbocycles. The molecule has 2 saturated heterocycles. The van der Waals surface area contributed by atoms with E-state index in [0.717, 1.165) is 18.4 Å². The minimum atomic E-state index is -3.24. The van der Waals surface area contributed by atoms with Crippen LogP contribution in [-0.4, -0.2) is 54.9 Å². The van der Waals surface area contributed by atoms with Gasteiger partial charge in [0.25, 0.3) is 0 Å². The first-order valence-corrected chi connectivity index (χ1v) is 9.84. The van der Waals surface area contributed by atoms with E-state index in [2.05, 4.69) is 4.98 Å². The summed E-state index contributed by atoms with van der Waals surface area (Å²) in [5, 5.41) is 0. The van der Waals surface area contributed by atoms with Gasteiger partial charge in [-0.3, -0.25) is 4.98 Å². The lowest BCUT2D eigenvalue weighted by Crippen LogP contribution is -2.44. The van der Waals surface area contributed by atoms with Gasteiger partial charge in [0.2, 0.25) is 10.0 Å². The van der Waals surface area contributed by atoms with Crippen molar-refractivity contribution in [2.24, 2.45) is 0 Å². The third-order valence-electron chi connectivity index (χ3n) is 4.44. The van der Waals surface area contributed by atoms with E-state index in [9.17, 15) is 8.42 Å². The molecule has 0 radical (unpaired) electrons. The predicted molar refractivity (Wildman–Crippen MR) is 86.4 cm³/mol. The van der Waals surface area contributed by atoms with E-state index < -0.39 is 10.0 Å². The van der Waals surface area contributed by atoms with E-state index in [4.69, 9.17) is 9.47 Å². The molecular weight excluding hydrogens is 316 g/mol. The van der Waals surface area contributed by atoms with E-state index in [0.29, 0.717) is 26.2 Å². The van der Waals surface area contributed by atoms with Crippen LogP contribution in [0.25, 0.3) is 0 Å². The quantitative estimate of drug-likeness (QED) is 0.786. The van der Waals surface area contributed by atoms with Crippen LogP contribution in [0.3, 0.4) is 0 Å². The Balaban J connectivity index is 1.71. The van der Waals surface area contributed by atoms with Gasteiger partial charge in [-0.25, -0.2) is 8.42 Å². The van der Waals surface area contributed by atoms with Gasteiger partial charge in [0.1, 0.15) is 6.10 Å². The van der Waals surface area contributed by atoms with Gasteiger partial charge in [0, 0.05) is 25.5 Å². The Hall–Kier alpha value is -1.02. The van der Waals surface area contributed by atoms with Crippen LogP contribution < -0.4 is 0 Å². The van der Waals surface area contributed by atoms with E-state index in [1.807, 2.05) is 19.1 Å². The molecule has 0 aliphatic carbocycles. The molecule has 0 bridgehead atoms. The summed E-state index contributed by atoms with van der Waals surface area (Å²) in [7, 11) is -3.24. The molecule has 23 heavy (non-hydrogen) atoms. The highest BCUT2D eigenvalue weighted by atomic mass is 32.2. The molecule has 3 atom stereocenters. The Morgan fingerprint density at radius 3 is 3.09 bits per heavy atom. The largest absolute Gasteiger partial charge is 0.374 e. The van der Waals surface area contributed by atoms with Gasteiger partial charge >= 0.3 is 0 Å². The lowest BCUT2D eigenvalue weighted by molar-refractivity contribution is -0.0802. The number of sulfonamides is 1. The van der Waals surface area contributed by atoms with E-state index >= 15 is 0 Å². The highest BCUT2D eigenvalue weighted by molar-refractivity contribution is 7.89. The Kier molecular flexibility index (Phi) is 5.31. The molecule has 1 aromatic heterocycles. The number of hydrogen-bond acceptors (Lipinski definition) is 5. The van der Waals surface area contributed by atoms with Crippen LogP contribution in [0.4, 0.5) is 0 Å². The van der Waals surface area contributed by atoms with Crippen molar-refractivity contribution in [1.29, 1.82) is 0 Å². The summed E-state index contributed by atoms with van der Waals surface area (Å²) in [6.07, 6.45) is 5.48. The number of ether oxygens (including phenoxy) is 2. The zero-order chi connectivity index (χ0) is 16.3. The summed E-state index contributed by atoms with van der Waals surface area (Å²) in [4.78, 5) is 4.07. The van der Waals surface area contributed by atoms with E-state index in [1.165, 1.54) is 0 Å². The van der Waals surface area contributed by atoms with Crippen molar-refractivity contribution in [2.75, 3.05) is 18.9 Å². The van der Waals surface area contributed by atoms with Gasteiger partial charge < -0.3 is 9.47 Å². The smallest absolute Gasteiger partial charge is 0.214 e. The van der Waals surface area contributed by atoms with Crippen LogP contribution in [0.15, 0.2) is 24.5 Å². The maximum Gasteiger partial charge on any atom is 0.214 e. The standard InChI is InChI=1S/C16H24N2O4S/c1-2-9-23(19,20)18-11-15(16-14(18)6-4-8-21-16)22-12-13-5-3-7-17-10-13/h3,5,7,10,14-16H,2,4,6,8-9,11-12H2,1H3/t14-,15-,16+/m1/s1. The second-order valence-electron chi connectivity index (χ2n) is 6.14. The average molecular weight is 340 g/mol. The van der Waals surface area contributed by atoms with Gasteiger partial charge in [-0.05, 0) is 30.9 Å². The third-order valence-corrected chi connectivity index (χ3v) is 6.49. The molecule has 2 fully saturated rings. The number of hydrogen-bond donors (Lipinski definition) is 0. The second kappa shape index (κ2) is 7.25. The molecule has 3 rings (SSSR count). The summed E-state index contributed by atoms with van der Waals surface area (Å²) < 4.78 is 38.5. The van der Waals surface area contributed by atoms with Crippen LogP contribution in [0, 0.1) is 0 Å². The monoisotopic (exact) mass is 340 g/mol. The fourth-order valence-electron chi connectivity index (χ4n) is 3.40. The molecule has 1 aromatic rings. The van der Waals surface area contributed by atoms with Crippen LogP contribution >= 0.6 is 0 Å². The summed E-state index contributed by atoms with van der Waals surface area (Å²) in [6.45, 7) is 3.37. The van der Waals surface area contributed by atoms with E-state index in [-0.39, 0.29) is 24.0 Å². The van der Waals surface area contributed by atoms with Crippen LogP contribution in [0.1, 0.15) is 31.7 Å². The van der Waals surface area contributed by atoms with Crippen LogP contribution in [0.5, 0.6) is 0 Å². The molecule has 0 spiro atoms. The topological polar surface area (TPSA) is 68.7 Å². The summed E-state index contributed by atoms with van der Waals surface area (Å²) in [5.41, 5.74) is 0.981. The molecule has 7 heteroatoms. The molecule has 0 saturated carbocycles. The number of nitrogens with zero attached hydrogens (tertiary/aromatic N) is 2. The van der Waals surface area contributed by atoms with Crippen molar-refractivity contribution < 1.29 is 17.9 Å². The molecule has 128 valence electrons. The molecule has 3 heterocycles. The molecule has 2 aliphatic rings. The normalized spacial score (nSPS) is 28.7. The molecule has 0 N–H and O–H groups in total. The molecule has 0 unspecified atom stereocenters.